The minimum Gasteiger partial charge on any atom is -0.241 e. The van der Waals surface area contributed by atoms with E-state index >= 15 is 0 Å². The SMILES string of the molecule is CCC(Cl)Cc1nccc(C(F)(F)F)n1. The van der Waals surface area contributed by atoms with Crippen molar-refractivity contribution < 1.29 is 13.2 Å². The number of hydrogen-bond acceptors (Lipinski definition) is 2. The van der Waals surface area contributed by atoms with Gasteiger partial charge in [-0.2, -0.15) is 13.2 Å². The highest BCUT2D eigenvalue weighted by Crippen LogP contribution is 2.27. The Bertz CT molecular complexity index is 327. The van der Waals surface area contributed by atoms with E-state index in [4.69, 9.17) is 11.6 Å². The number of rotatable bonds is 3. The highest BCUT2D eigenvalue weighted by molar-refractivity contribution is 6.20. The van der Waals surface area contributed by atoms with Crippen LogP contribution in [-0.4, -0.2) is 15.3 Å². The predicted molar refractivity (Wildman–Crippen MR) is 50.7 cm³/mol. The molecular weight excluding hydrogens is 229 g/mol. The van der Waals surface area contributed by atoms with E-state index in [1.165, 1.54) is 0 Å². The zero-order chi connectivity index (χ0) is 11.5. The third-order valence-corrected chi connectivity index (χ3v) is 2.31. The predicted octanol–water partition coefficient (Wildman–Crippen LogP) is 3.06. The van der Waals surface area contributed by atoms with Crippen LogP contribution in [0, 0.1) is 0 Å². The zero-order valence-corrected chi connectivity index (χ0v) is 8.81. The van der Waals surface area contributed by atoms with Gasteiger partial charge in [0.05, 0.1) is 0 Å². The van der Waals surface area contributed by atoms with Crippen LogP contribution in [-0.2, 0) is 12.6 Å². The van der Waals surface area contributed by atoms with Crippen molar-refractivity contribution in [1.29, 1.82) is 0 Å². The minimum atomic E-state index is -4.42. The van der Waals surface area contributed by atoms with Crippen molar-refractivity contribution in [1.82, 2.24) is 9.97 Å². The summed E-state index contributed by atoms with van der Waals surface area (Å²) in [5.74, 6) is 0.131. The Morgan fingerprint density at radius 1 is 1.47 bits per heavy atom. The molecular formula is C9H10ClF3N2. The molecule has 1 unspecified atom stereocenters. The van der Waals surface area contributed by atoms with Gasteiger partial charge in [0.1, 0.15) is 11.5 Å². The van der Waals surface area contributed by atoms with E-state index < -0.39 is 11.9 Å². The number of alkyl halides is 4. The average molecular weight is 239 g/mol. The van der Waals surface area contributed by atoms with Crippen molar-refractivity contribution in [2.45, 2.75) is 31.3 Å². The van der Waals surface area contributed by atoms with Gasteiger partial charge in [-0.05, 0) is 12.5 Å². The molecule has 6 heteroatoms. The first-order chi connectivity index (χ1) is 6.93. The summed E-state index contributed by atoms with van der Waals surface area (Å²) in [6.07, 6.45) is -2.40. The molecule has 84 valence electrons. The minimum absolute atomic E-state index is 0.131. The lowest BCUT2D eigenvalue weighted by molar-refractivity contribution is -0.141. The van der Waals surface area contributed by atoms with Crippen LogP contribution in [0.2, 0.25) is 0 Å². The lowest BCUT2D eigenvalue weighted by Crippen LogP contribution is -2.12. The summed E-state index contributed by atoms with van der Waals surface area (Å²) >= 11 is 5.81. The molecule has 2 nitrogen and oxygen atoms in total. The Labute approximate surface area is 90.5 Å². The zero-order valence-electron chi connectivity index (χ0n) is 8.05. The molecule has 1 heterocycles. The summed E-state index contributed by atoms with van der Waals surface area (Å²) in [4.78, 5) is 7.16. The standard InChI is InChI=1S/C9H10ClF3N2/c1-2-6(10)5-8-14-4-3-7(15-8)9(11,12)13/h3-4,6H,2,5H2,1H3. The Morgan fingerprint density at radius 2 is 2.13 bits per heavy atom. The maximum atomic E-state index is 12.3. The smallest absolute Gasteiger partial charge is 0.241 e. The summed E-state index contributed by atoms with van der Waals surface area (Å²) in [5.41, 5.74) is -0.924. The highest BCUT2D eigenvalue weighted by Gasteiger charge is 2.32. The monoisotopic (exact) mass is 238 g/mol. The van der Waals surface area contributed by atoms with E-state index in [9.17, 15) is 13.2 Å². The quantitative estimate of drug-likeness (QED) is 0.757. The second-order valence-electron chi connectivity index (χ2n) is 3.07. The van der Waals surface area contributed by atoms with Crippen molar-refractivity contribution in [3.8, 4) is 0 Å². The first-order valence-electron chi connectivity index (χ1n) is 4.46. The van der Waals surface area contributed by atoms with Gasteiger partial charge in [0.25, 0.3) is 0 Å². The highest BCUT2D eigenvalue weighted by atomic mass is 35.5. The molecule has 1 atom stereocenters. The first kappa shape index (κ1) is 12.2. The first-order valence-corrected chi connectivity index (χ1v) is 4.90. The number of aromatic nitrogens is 2. The second-order valence-corrected chi connectivity index (χ2v) is 3.68. The molecule has 1 aromatic heterocycles. The van der Waals surface area contributed by atoms with E-state index in [1.54, 1.807) is 0 Å². The van der Waals surface area contributed by atoms with E-state index in [-0.39, 0.29) is 17.6 Å². The Morgan fingerprint density at radius 3 is 2.67 bits per heavy atom. The molecule has 1 aromatic rings. The molecule has 0 aliphatic heterocycles. The molecule has 0 N–H and O–H groups in total. The second kappa shape index (κ2) is 4.79. The maximum Gasteiger partial charge on any atom is 0.433 e. The lowest BCUT2D eigenvalue weighted by Gasteiger charge is -2.08. The Balaban J connectivity index is 2.84. The van der Waals surface area contributed by atoms with E-state index in [2.05, 4.69) is 9.97 Å². The largest absolute Gasteiger partial charge is 0.433 e. The average Bonchev–Trinajstić information content (AvgIpc) is 2.17. The fourth-order valence-electron chi connectivity index (χ4n) is 0.998. The molecule has 0 aromatic carbocycles. The van der Waals surface area contributed by atoms with Gasteiger partial charge in [0.15, 0.2) is 0 Å². The van der Waals surface area contributed by atoms with Crippen molar-refractivity contribution in [2.24, 2.45) is 0 Å². The van der Waals surface area contributed by atoms with Crippen molar-refractivity contribution in [2.75, 3.05) is 0 Å². The Hall–Kier alpha value is -0.840. The third kappa shape index (κ3) is 3.66. The maximum absolute atomic E-state index is 12.3. The molecule has 0 saturated heterocycles. The van der Waals surface area contributed by atoms with E-state index in [0.29, 0.717) is 6.42 Å². The van der Waals surface area contributed by atoms with E-state index in [0.717, 1.165) is 12.3 Å². The summed E-state index contributed by atoms with van der Waals surface area (Å²) < 4.78 is 36.8. The summed E-state index contributed by atoms with van der Waals surface area (Å²) in [6.45, 7) is 1.85. The van der Waals surface area contributed by atoms with Gasteiger partial charge in [-0.1, -0.05) is 6.92 Å². The summed E-state index contributed by atoms with van der Waals surface area (Å²) in [7, 11) is 0. The van der Waals surface area contributed by atoms with Crippen LogP contribution in [0.3, 0.4) is 0 Å². The molecule has 0 spiro atoms. The molecule has 0 saturated carbocycles. The van der Waals surface area contributed by atoms with Crippen LogP contribution < -0.4 is 0 Å². The normalized spacial score (nSPS) is 13.9. The molecule has 0 radical (unpaired) electrons. The Kier molecular flexibility index (Phi) is 3.90. The van der Waals surface area contributed by atoms with Gasteiger partial charge in [-0.15, -0.1) is 11.6 Å². The molecule has 0 amide bonds. The number of nitrogens with zero attached hydrogens (tertiary/aromatic N) is 2. The van der Waals surface area contributed by atoms with Gasteiger partial charge >= 0.3 is 6.18 Å². The van der Waals surface area contributed by atoms with Gasteiger partial charge in [-0.3, -0.25) is 0 Å². The van der Waals surface area contributed by atoms with Gasteiger partial charge in [-0.25, -0.2) is 9.97 Å². The van der Waals surface area contributed by atoms with Crippen molar-refractivity contribution in [3.63, 3.8) is 0 Å². The van der Waals surface area contributed by atoms with Crippen LogP contribution in [0.25, 0.3) is 0 Å². The molecule has 0 bridgehead atoms. The van der Waals surface area contributed by atoms with Gasteiger partial charge in [0.2, 0.25) is 0 Å². The van der Waals surface area contributed by atoms with Gasteiger partial charge < -0.3 is 0 Å². The van der Waals surface area contributed by atoms with Crippen LogP contribution in [0.4, 0.5) is 13.2 Å². The topological polar surface area (TPSA) is 25.8 Å². The summed E-state index contributed by atoms with van der Waals surface area (Å²) in [5, 5.41) is -0.228. The number of hydrogen-bond donors (Lipinski definition) is 0. The molecule has 15 heavy (non-hydrogen) atoms. The van der Waals surface area contributed by atoms with Gasteiger partial charge in [0, 0.05) is 18.0 Å². The summed E-state index contributed by atoms with van der Waals surface area (Å²) in [6, 6.07) is 0.846. The van der Waals surface area contributed by atoms with E-state index in [1.807, 2.05) is 6.92 Å². The van der Waals surface area contributed by atoms with Crippen LogP contribution in [0.1, 0.15) is 24.9 Å². The molecule has 0 aliphatic carbocycles. The lowest BCUT2D eigenvalue weighted by atomic mass is 10.2. The van der Waals surface area contributed by atoms with Crippen LogP contribution >= 0.6 is 11.6 Å². The van der Waals surface area contributed by atoms with Crippen LogP contribution in [0.5, 0.6) is 0 Å². The fraction of sp³-hybridized carbons (Fsp3) is 0.556. The fourth-order valence-corrected chi connectivity index (χ4v) is 1.14. The van der Waals surface area contributed by atoms with Crippen molar-refractivity contribution >= 4 is 11.6 Å². The molecule has 1 rings (SSSR count). The molecule has 0 aliphatic rings. The van der Waals surface area contributed by atoms with Crippen LogP contribution in [0.15, 0.2) is 12.3 Å². The third-order valence-electron chi connectivity index (χ3n) is 1.84. The molecule has 0 fully saturated rings. The number of halogens is 4. The van der Waals surface area contributed by atoms with Crippen molar-refractivity contribution in [3.05, 3.63) is 23.8 Å².